The Labute approximate surface area is 83.1 Å². The number of carbonyl (C=O) groups excluding carboxylic acids is 1. The van der Waals surface area contributed by atoms with Gasteiger partial charge in [-0.05, 0) is 6.42 Å². The van der Waals surface area contributed by atoms with Gasteiger partial charge in [0, 0.05) is 25.6 Å². The molecule has 0 aliphatic carbocycles. The highest BCUT2D eigenvalue weighted by Gasteiger charge is 2.22. The maximum Gasteiger partial charge on any atom is 0.221 e. The lowest BCUT2D eigenvalue weighted by Crippen LogP contribution is -2.40. The maximum atomic E-state index is 10.9. The van der Waals surface area contributed by atoms with Gasteiger partial charge in [0.05, 0.1) is 12.7 Å². The summed E-state index contributed by atoms with van der Waals surface area (Å²) in [7, 11) is 0. The molecule has 2 heterocycles. The minimum Gasteiger partial charge on any atom is -0.355 e. The normalized spacial score (nSPS) is 33.0. The van der Waals surface area contributed by atoms with Crippen LogP contribution >= 0.6 is 0 Å². The van der Waals surface area contributed by atoms with E-state index in [2.05, 4.69) is 10.6 Å². The minimum atomic E-state index is 0.135. The summed E-state index contributed by atoms with van der Waals surface area (Å²) >= 11 is 0. The molecule has 2 rings (SSSR count). The fraction of sp³-hybridized carbons (Fsp3) is 0.889. The van der Waals surface area contributed by atoms with Crippen molar-refractivity contribution in [3.63, 3.8) is 0 Å². The Balaban J connectivity index is 1.63. The van der Waals surface area contributed by atoms with E-state index in [4.69, 9.17) is 9.47 Å². The average Bonchev–Trinajstić information content (AvgIpc) is 2.63. The number of hydrogen-bond acceptors (Lipinski definition) is 4. The molecule has 0 saturated carbocycles. The fourth-order valence-corrected chi connectivity index (χ4v) is 1.71. The van der Waals surface area contributed by atoms with Crippen LogP contribution in [0.15, 0.2) is 0 Å². The molecule has 5 nitrogen and oxygen atoms in total. The summed E-state index contributed by atoms with van der Waals surface area (Å²) < 4.78 is 10.4. The van der Waals surface area contributed by atoms with Crippen LogP contribution in [0, 0.1) is 0 Å². The third-order valence-corrected chi connectivity index (χ3v) is 2.58. The predicted molar refractivity (Wildman–Crippen MR) is 49.7 cm³/mol. The summed E-state index contributed by atoms with van der Waals surface area (Å²) in [5.74, 6) is 0.135. The van der Waals surface area contributed by atoms with Gasteiger partial charge in [-0.2, -0.15) is 0 Å². The Morgan fingerprint density at radius 2 is 2.50 bits per heavy atom. The highest BCUT2D eigenvalue weighted by Crippen LogP contribution is 2.06. The molecule has 2 saturated heterocycles. The molecular formula is C9H16N2O3. The average molecular weight is 200 g/mol. The molecule has 2 fully saturated rings. The van der Waals surface area contributed by atoms with Crippen LogP contribution in [-0.4, -0.2) is 44.5 Å². The zero-order valence-electron chi connectivity index (χ0n) is 8.12. The van der Waals surface area contributed by atoms with E-state index in [0.29, 0.717) is 13.2 Å². The van der Waals surface area contributed by atoms with E-state index in [1.54, 1.807) is 0 Å². The van der Waals surface area contributed by atoms with Crippen LogP contribution in [0.2, 0.25) is 0 Å². The fourth-order valence-electron chi connectivity index (χ4n) is 1.71. The van der Waals surface area contributed by atoms with Crippen molar-refractivity contribution in [2.75, 3.05) is 26.5 Å². The summed E-state index contributed by atoms with van der Waals surface area (Å²) in [4.78, 5) is 10.9. The molecular weight excluding hydrogens is 184 g/mol. The van der Waals surface area contributed by atoms with Crippen LogP contribution in [-0.2, 0) is 14.3 Å². The van der Waals surface area contributed by atoms with E-state index in [1.807, 2.05) is 0 Å². The number of ether oxygens (including phenoxy) is 2. The summed E-state index contributed by atoms with van der Waals surface area (Å²) in [5, 5.41) is 6.11. The predicted octanol–water partition coefficient (Wildman–Crippen LogP) is -0.772. The number of nitrogens with one attached hydrogen (secondary N) is 2. The van der Waals surface area contributed by atoms with E-state index < -0.39 is 0 Å². The summed E-state index contributed by atoms with van der Waals surface area (Å²) in [5.41, 5.74) is 0. The number of rotatable bonds is 3. The molecule has 1 amide bonds. The lowest BCUT2D eigenvalue weighted by molar-refractivity contribution is -0.137. The number of amides is 1. The highest BCUT2D eigenvalue weighted by molar-refractivity contribution is 5.78. The summed E-state index contributed by atoms with van der Waals surface area (Å²) in [6.07, 6.45) is 1.75. The van der Waals surface area contributed by atoms with Gasteiger partial charge in [-0.15, -0.1) is 0 Å². The number of hydrogen-bond donors (Lipinski definition) is 2. The summed E-state index contributed by atoms with van der Waals surface area (Å²) in [6.45, 7) is 2.72. The van der Waals surface area contributed by atoms with Crippen LogP contribution in [0.3, 0.4) is 0 Å². The molecule has 0 spiro atoms. The maximum absolute atomic E-state index is 10.9. The van der Waals surface area contributed by atoms with Crippen molar-refractivity contribution in [1.29, 1.82) is 0 Å². The molecule has 2 N–H and O–H groups in total. The van der Waals surface area contributed by atoms with Crippen LogP contribution in [0.25, 0.3) is 0 Å². The zero-order valence-corrected chi connectivity index (χ0v) is 8.12. The molecule has 0 aromatic rings. The SMILES string of the molecule is O=C1CC(NCC2CCOCO2)CN1. The quantitative estimate of drug-likeness (QED) is 0.628. The standard InChI is InChI=1S/C9H16N2O3/c12-9-3-7(4-11-9)10-5-8-1-2-13-6-14-8/h7-8,10H,1-6H2,(H,11,12). The largest absolute Gasteiger partial charge is 0.355 e. The van der Waals surface area contributed by atoms with Gasteiger partial charge in [0.2, 0.25) is 5.91 Å². The third-order valence-electron chi connectivity index (χ3n) is 2.58. The van der Waals surface area contributed by atoms with E-state index >= 15 is 0 Å². The number of carbonyl (C=O) groups is 1. The van der Waals surface area contributed by atoms with Crippen molar-refractivity contribution < 1.29 is 14.3 Å². The Morgan fingerprint density at radius 1 is 1.57 bits per heavy atom. The molecule has 2 atom stereocenters. The lowest BCUT2D eigenvalue weighted by atomic mass is 10.2. The molecule has 2 unspecified atom stereocenters. The molecule has 0 aromatic heterocycles. The van der Waals surface area contributed by atoms with Crippen molar-refractivity contribution in [3.05, 3.63) is 0 Å². The topological polar surface area (TPSA) is 59.6 Å². The smallest absolute Gasteiger partial charge is 0.221 e. The van der Waals surface area contributed by atoms with Gasteiger partial charge in [0.1, 0.15) is 6.79 Å². The molecule has 2 aliphatic heterocycles. The lowest BCUT2D eigenvalue weighted by Gasteiger charge is -2.24. The van der Waals surface area contributed by atoms with Gasteiger partial charge in [-0.1, -0.05) is 0 Å². The molecule has 0 bridgehead atoms. The first-order valence-corrected chi connectivity index (χ1v) is 5.04. The van der Waals surface area contributed by atoms with Gasteiger partial charge < -0.3 is 20.1 Å². The van der Waals surface area contributed by atoms with Crippen LogP contribution < -0.4 is 10.6 Å². The molecule has 2 aliphatic rings. The van der Waals surface area contributed by atoms with Crippen LogP contribution in [0.5, 0.6) is 0 Å². The second-order valence-corrected chi connectivity index (χ2v) is 3.72. The first-order valence-electron chi connectivity index (χ1n) is 5.04. The highest BCUT2D eigenvalue weighted by atomic mass is 16.7. The first kappa shape index (κ1) is 9.89. The van der Waals surface area contributed by atoms with Crippen molar-refractivity contribution in [2.24, 2.45) is 0 Å². The van der Waals surface area contributed by atoms with Crippen molar-refractivity contribution in [1.82, 2.24) is 10.6 Å². The van der Waals surface area contributed by atoms with Crippen LogP contribution in [0.1, 0.15) is 12.8 Å². The molecule has 0 radical (unpaired) electrons. The van der Waals surface area contributed by atoms with E-state index in [1.165, 1.54) is 0 Å². The van der Waals surface area contributed by atoms with E-state index in [9.17, 15) is 4.79 Å². The Kier molecular flexibility index (Phi) is 3.34. The van der Waals surface area contributed by atoms with E-state index in [-0.39, 0.29) is 18.1 Å². The Hall–Kier alpha value is -0.650. The molecule has 80 valence electrons. The van der Waals surface area contributed by atoms with Gasteiger partial charge in [-0.3, -0.25) is 4.79 Å². The van der Waals surface area contributed by atoms with Crippen molar-refractivity contribution >= 4 is 5.91 Å². The molecule has 14 heavy (non-hydrogen) atoms. The summed E-state index contributed by atoms with van der Waals surface area (Å²) in [6, 6.07) is 0.272. The van der Waals surface area contributed by atoms with Gasteiger partial charge in [-0.25, -0.2) is 0 Å². The Bertz CT molecular complexity index is 204. The van der Waals surface area contributed by atoms with Gasteiger partial charge in [0.15, 0.2) is 0 Å². The third kappa shape index (κ3) is 2.67. The van der Waals surface area contributed by atoms with E-state index in [0.717, 1.165) is 26.1 Å². The van der Waals surface area contributed by atoms with Gasteiger partial charge >= 0.3 is 0 Å². The minimum absolute atomic E-state index is 0.135. The second-order valence-electron chi connectivity index (χ2n) is 3.72. The Morgan fingerprint density at radius 3 is 3.14 bits per heavy atom. The monoisotopic (exact) mass is 200 g/mol. The van der Waals surface area contributed by atoms with Crippen molar-refractivity contribution in [3.8, 4) is 0 Å². The molecule has 0 aromatic carbocycles. The second kappa shape index (κ2) is 4.72. The first-order chi connectivity index (χ1) is 6.84. The molecule has 5 heteroatoms. The van der Waals surface area contributed by atoms with Crippen molar-refractivity contribution in [2.45, 2.75) is 25.0 Å². The zero-order chi connectivity index (χ0) is 9.80. The van der Waals surface area contributed by atoms with Gasteiger partial charge in [0.25, 0.3) is 0 Å². The van der Waals surface area contributed by atoms with Crippen LogP contribution in [0.4, 0.5) is 0 Å².